The van der Waals surface area contributed by atoms with Crippen LogP contribution in [0.3, 0.4) is 0 Å². The average molecular weight is 213 g/mol. The summed E-state index contributed by atoms with van der Waals surface area (Å²) in [7, 11) is 0. The van der Waals surface area contributed by atoms with Gasteiger partial charge < -0.3 is 4.74 Å². The molecule has 3 heteroatoms. The van der Waals surface area contributed by atoms with Gasteiger partial charge in [-0.2, -0.15) is 0 Å². The Balaban J connectivity index is 4.03. The summed E-state index contributed by atoms with van der Waals surface area (Å²) in [5.74, 6) is -0.131. The number of esters is 1. The van der Waals surface area contributed by atoms with Gasteiger partial charge in [-0.25, -0.2) is 0 Å². The average Bonchev–Trinajstić information content (AvgIpc) is 2.15. The van der Waals surface area contributed by atoms with Gasteiger partial charge in [-0.05, 0) is 33.7 Å². The van der Waals surface area contributed by atoms with Gasteiger partial charge in [0.05, 0.1) is 13.2 Å². The first kappa shape index (κ1) is 14.2. The van der Waals surface area contributed by atoms with Gasteiger partial charge in [-0.1, -0.05) is 18.6 Å². The molecular formula is C12H23NO2. The van der Waals surface area contributed by atoms with Crippen LogP contribution in [0.2, 0.25) is 0 Å². The molecule has 0 saturated carbocycles. The minimum absolute atomic E-state index is 0.131. The van der Waals surface area contributed by atoms with Gasteiger partial charge in [-0.15, -0.1) is 0 Å². The maximum Gasteiger partial charge on any atom is 0.320 e. The van der Waals surface area contributed by atoms with Gasteiger partial charge in [0.2, 0.25) is 0 Å². The van der Waals surface area contributed by atoms with Crippen LogP contribution in [0.15, 0.2) is 11.6 Å². The van der Waals surface area contributed by atoms with Gasteiger partial charge in [0.15, 0.2) is 0 Å². The fourth-order valence-electron chi connectivity index (χ4n) is 1.25. The molecule has 15 heavy (non-hydrogen) atoms. The van der Waals surface area contributed by atoms with E-state index in [0.29, 0.717) is 13.2 Å². The summed E-state index contributed by atoms with van der Waals surface area (Å²) in [4.78, 5) is 13.4. The van der Waals surface area contributed by atoms with Crippen molar-refractivity contribution in [2.75, 3.05) is 26.2 Å². The third-order valence-electron chi connectivity index (χ3n) is 1.96. The zero-order valence-electron chi connectivity index (χ0n) is 10.4. The fourth-order valence-corrected chi connectivity index (χ4v) is 1.25. The van der Waals surface area contributed by atoms with Crippen LogP contribution in [-0.2, 0) is 9.53 Å². The second-order valence-corrected chi connectivity index (χ2v) is 3.82. The molecule has 0 saturated heterocycles. The van der Waals surface area contributed by atoms with Crippen LogP contribution in [0.1, 0.15) is 34.1 Å². The molecule has 0 N–H and O–H groups in total. The molecule has 0 unspecified atom stereocenters. The summed E-state index contributed by atoms with van der Waals surface area (Å²) >= 11 is 0. The lowest BCUT2D eigenvalue weighted by Gasteiger charge is -2.18. The number of ether oxygens (including phenoxy) is 1. The number of carbonyl (C=O) groups is 1. The minimum atomic E-state index is -0.131. The highest BCUT2D eigenvalue weighted by molar-refractivity contribution is 5.71. The molecule has 0 radical (unpaired) electrons. The SMILES string of the molecule is CCCN(CC=C(C)C)CC(=O)OCC. The van der Waals surface area contributed by atoms with Crippen LogP contribution in [-0.4, -0.2) is 37.1 Å². The molecule has 0 aliphatic rings. The number of carbonyl (C=O) groups excluding carboxylic acids is 1. The van der Waals surface area contributed by atoms with E-state index in [4.69, 9.17) is 4.74 Å². The van der Waals surface area contributed by atoms with Gasteiger partial charge in [0, 0.05) is 6.54 Å². The van der Waals surface area contributed by atoms with E-state index in [1.165, 1.54) is 5.57 Å². The molecule has 0 amide bonds. The maximum atomic E-state index is 11.3. The lowest BCUT2D eigenvalue weighted by Crippen LogP contribution is -2.32. The highest BCUT2D eigenvalue weighted by atomic mass is 16.5. The van der Waals surface area contributed by atoms with E-state index in [2.05, 4.69) is 31.7 Å². The molecule has 0 fully saturated rings. The van der Waals surface area contributed by atoms with E-state index >= 15 is 0 Å². The van der Waals surface area contributed by atoms with Crippen LogP contribution in [0.4, 0.5) is 0 Å². The van der Waals surface area contributed by atoms with Crippen LogP contribution in [0.5, 0.6) is 0 Å². The third-order valence-corrected chi connectivity index (χ3v) is 1.96. The van der Waals surface area contributed by atoms with E-state index < -0.39 is 0 Å². The number of hydrogen-bond acceptors (Lipinski definition) is 3. The molecule has 0 aromatic rings. The van der Waals surface area contributed by atoms with Crippen molar-refractivity contribution in [3.8, 4) is 0 Å². The molecule has 3 nitrogen and oxygen atoms in total. The highest BCUT2D eigenvalue weighted by Crippen LogP contribution is 1.96. The van der Waals surface area contributed by atoms with Crippen molar-refractivity contribution in [1.82, 2.24) is 4.90 Å². The van der Waals surface area contributed by atoms with Crippen LogP contribution < -0.4 is 0 Å². The number of hydrogen-bond donors (Lipinski definition) is 0. The van der Waals surface area contributed by atoms with Crippen LogP contribution in [0.25, 0.3) is 0 Å². The first-order valence-electron chi connectivity index (χ1n) is 5.61. The smallest absolute Gasteiger partial charge is 0.320 e. The molecular weight excluding hydrogens is 190 g/mol. The summed E-state index contributed by atoms with van der Waals surface area (Å²) in [5.41, 5.74) is 1.28. The predicted octanol–water partition coefficient (Wildman–Crippen LogP) is 2.23. The van der Waals surface area contributed by atoms with Gasteiger partial charge in [-0.3, -0.25) is 9.69 Å². The Bertz CT molecular complexity index is 208. The number of allylic oxidation sites excluding steroid dienone is 1. The van der Waals surface area contributed by atoms with Crippen LogP contribution in [0, 0.1) is 0 Å². The quantitative estimate of drug-likeness (QED) is 0.480. The Labute approximate surface area is 93.1 Å². The van der Waals surface area contributed by atoms with Gasteiger partial charge in [0.25, 0.3) is 0 Å². The largest absolute Gasteiger partial charge is 0.465 e. The fraction of sp³-hybridized carbons (Fsp3) is 0.750. The van der Waals surface area contributed by atoms with Crippen molar-refractivity contribution >= 4 is 5.97 Å². The Morgan fingerprint density at radius 1 is 1.33 bits per heavy atom. The summed E-state index contributed by atoms with van der Waals surface area (Å²) in [6, 6.07) is 0. The van der Waals surface area contributed by atoms with Gasteiger partial charge in [0.1, 0.15) is 0 Å². The molecule has 0 aromatic carbocycles. The Morgan fingerprint density at radius 3 is 2.47 bits per heavy atom. The summed E-state index contributed by atoms with van der Waals surface area (Å²) in [5, 5.41) is 0. The second kappa shape index (κ2) is 8.48. The molecule has 0 spiro atoms. The summed E-state index contributed by atoms with van der Waals surface area (Å²) in [6.45, 7) is 10.7. The molecule has 0 aliphatic heterocycles. The minimum Gasteiger partial charge on any atom is -0.465 e. The van der Waals surface area contributed by atoms with Gasteiger partial charge >= 0.3 is 5.97 Å². The molecule has 0 atom stereocenters. The second-order valence-electron chi connectivity index (χ2n) is 3.82. The van der Waals surface area contributed by atoms with E-state index in [0.717, 1.165) is 19.5 Å². The van der Waals surface area contributed by atoms with Crippen molar-refractivity contribution in [3.05, 3.63) is 11.6 Å². The zero-order chi connectivity index (χ0) is 11.7. The molecule has 0 aliphatic carbocycles. The zero-order valence-corrected chi connectivity index (χ0v) is 10.4. The monoisotopic (exact) mass is 213 g/mol. The molecule has 0 heterocycles. The lowest BCUT2D eigenvalue weighted by molar-refractivity contribution is -0.144. The molecule has 0 bridgehead atoms. The van der Waals surface area contributed by atoms with Crippen molar-refractivity contribution in [3.63, 3.8) is 0 Å². The van der Waals surface area contributed by atoms with E-state index in [9.17, 15) is 4.79 Å². The molecule has 0 rings (SSSR count). The van der Waals surface area contributed by atoms with Crippen molar-refractivity contribution < 1.29 is 9.53 Å². The Kier molecular flexibility index (Phi) is 8.01. The normalized spacial score (nSPS) is 10.2. The first-order valence-corrected chi connectivity index (χ1v) is 5.61. The van der Waals surface area contributed by atoms with E-state index in [1.54, 1.807) is 0 Å². The summed E-state index contributed by atoms with van der Waals surface area (Å²) in [6.07, 6.45) is 3.19. The van der Waals surface area contributed by atoms with Crippen molar-refractivity contribution in [2.45, 2.75) is 34.1 Å². The standard InChI is InChI=1S/C12H23NO2/c1-5-8-13(9-7-11(3)4)10-12(14)15-6-2/h7H,5-6,8-10H2,1-4H3. The highest BCUT2D eigenvalue weighted by Gasteiger charge is 2.08. The first-order chi connectivity index (χ1) is 7.10. The van der Waals surface area contributed by atoms with Crippen LogP contribution >= 0.6 is 0 Å². The molecule has 88 valence electrons. The van der Waals surface area contributed by atoms with E-state index in [-0.39, 0.29) is 5.97 Å². The van der Waals surface area contributed by atoms with E-state index in [1.807, 2.05) is 6.92 Å². The maximum absolute atomic E-state index is 11.3. The van der Waals surface area contributed by atoms with Crippen molar-refractivity contribution in [2.24, 2.45) is 0 Å². The number of rotatable bonds is 7. The topological polar surface area (TPSA) is 29.5 Å². The molecule has 0 aromatic heterocycles. The van der Waals surface area contributed by atoms with Crippen molar-refractivity contribution in [1.29, 1.82) is 0 Å². The number of nitrogens with zero attached hydrogens (tertiary/aromatic N) is 1. The Morgan fingerprint density at radius 2 is 2.00 bits per heavy atom. The Hall–Kier alpha value is -0.830. The summed E-state index contributed by atoms with van der Waals surface area (Å²) < 4.78 is 4.92. The third kappa shape index (κ3) is 8.18. The lowest BCUT2D eigenvalue weighted by atomic mass is 10.3. The predicted molar refractivity (Wildman–Crippen MR) is 62.8 cm³/mol.